The van der Waals surface area contributed by atoms with E-state index in [2.05, 4.69) is 30.1 Å². The van der Waals surface area contributed by atoms with Crippen molar-refractivity contribution in [1.29, 1.82) is 0 Å². The summed E-state index contributed by atoms with van der Waals surface area (Å²) < 4.78 is 6.07. The molecule has 2 amide bonds. The van der Waals surface area contributed by atoms with Crippen molar-refractivity contribution in [1.82, 2.24) is 10.2 Å². The summed E-state index contributed by atoms with van der Waals surface area (Å²) in [5.41, 5.74) is 1.07. The summed E-state index contributed by atoms with van der Waals surface area (Å²) in [4.78, 5) is 16.4. The highest BCUT2D eigenvalue weighted by Gasteiger charge is 2.23. The fourth-order valence-electron chi connectivity index (χ4n) is 2.97. The van der Waals surface area contributed by atoms with Crippen LogP contribution in [-0.4, -0.2) is 43.7 Å². The van der Waals surface area contributed by atoms with Gasteiger partial charge in [0.05, 0.1) is 5.69 Å². The maximum atomic E-state index is 12.2. The number of piperazine rings is 1. The highest BCUT2D eigenvalue weighted by Crippen LogP contribution is 2.32. The first-order chi connectivity index (χ1) is 12.6. The molecule has 0 atom stereocenters. The molecule has 1 saturated heterocycles. The van der Waals surface area contributed by atoms with Gasteiger partial charge in [-0.25, -0.2) is 4.79 Å². The largest absolute Gasteiger partial charge is 0.455 e. The Morgan fingerprint density at radius 2 is 1.65 bits per heavy atom. The average molecular weight is 353 g/mol. The predicted octanol–water partition coefficient (Wildman–Crippen LogP) is 3.97. The molecule has 0 saturated carbocycles. The topological polar surface area (TPSA) is 44.8 Å². The number of carbonyl (C=O) groups excluding carboxylic acids is 1. The number of urea groups is 1. The highest BCUT2D eigenvalue weighted by atomic mass is 16.5. The molecular formula is C21H27N3O2. The van der Waals surface area contributed by atoms with E-state index in [0.717, 1.165) is 30.3 Å². The van der Waals surface area contributed by atoms with Crippen LogP contribution >= 0.6 is 0 Å². The third kappa shape index (κ3) is 4.69. The molecule has 1 heterocycles. The average Bonchev–Trinajstić information content (AvgIpc) is 2.67. The van der Waals surface area contributed by atoms with Crippen LogP contribution in [0.15, 0.2) is 54.6 Å². The van der Waals surface area contributed by atoms with Crippen molar-refractivity contribution < 1.29 is 9.53 Å². The van der Waals surface area contributed by atoms with Gasteiger partial charge in [-0.05, 0) is 30.2 Å². The maximum Gasteiger partial charge on any atom is 0.317 e. The fourth-order valence-corrected chi connectivity index (χ4v) is 2.97. The van der Waals surface area contributed by atoms with Gasteiger partial charge in [0.2, 0.25) is 0 Å². The summed E-state index contributed by atoms with van der Waals surface area (Å²) in [6, 6.07) is 17.9. The zero-order valence-electron chi connectivity index (χ0n) is 15.5. The Bertz CT molecular complexity index is 710. The number of nitrogens with one attached hydrogen (secondary N) is 1. The van der Waals surface area contributed by atoms with Gasteiger partial charge < -0.3 is 19.9 Å². The smallest absolute Gasteiger partial charge is 0.317 e. The number of rotatable bonds is 5. The van der Waals surface area contributed by atoms with E-state index in [1.807, 2.05) is 53.4 Å². The van der Waals surface area contributed by atoms with Crippen molar-refractivity contribution >= 4 is 11.7 Å². The molecular weight excluding hydrogens is 326 g/mol. The summed E-state index contributed by atoms with van der Waals surface area (Å²) in [5.74, 6) is 2.13. The molecule has 1 N–H and O–H groups in total. The number of hydrogen-bond donors (Lipinski definition) is 1. The Labute approximate surface area is 155 Å². The van der Waals surface area contributed by atoms with Crippen LogP contribution in [0.4, 0.5) is 10.5 Å². The monoisotopic (exact) mass is 353 g/mol. The van der Waals surface area contributed by atoms with Crippen LogP contribution in [0.25, 0.3) is 0 Å². The molecule has 0 unspecified atom stereocenters. The van der Waals surface area contributed by atoms with E-state index in [1.165, 1.54) is 0 Å². The van der Waals surface area contributed by atoms with E-state index in [1.54, 1.807) is 0 Å². The Balaban J connectivity index is 1.62. The Hall–Kier alpha value is -2.69. The minimum absolute atomic E-state index is 0.0344. The van der Waals surface area contributed by atoms with Crippen LogP contribution in [0.2, 0.25) is 0 Å². The minimum atomic E-state index is 0.0344. The molecule has 26 heavy (non-hydrogen) atoms. The number of anilines is 1. The van der Waals surface area contributed by atoms with E-state index in [9.17, 15) is 4.79 Å². The molecule has 3 rings (SSSR count). The van der Waals surface area contributed by atoms with Crippen molar-refractivity contribution in [3.8, 4) is 11.5 Å². The van der Waals surface area contributed by atoms with E-state index < -0.39 is 0 Å². The number of amides is 2. The van der Waals surface area contributed by atoms with Gasteiger partial charge in [0.15, 0.2) is 5.75 Å². The lowest BCUT2D eigenvalue weighted by Crippen LogP contribution is -2.52. The van der Waals surface area contributed by atoms with Crippen LogP contribution in [0.3, 0.4) is 0 Å². The van der Waals surface area contributed by atoms with Gasteiger partial charge >= 0.3 is 6.03 Å². The molecule has 2 aromatic carbocycles. The van der Waals surface area contributed by atoms with Crippen molar-refractivity contribution in [2.45, 2.75) is 13.8 Å². The number of para-hydroxylation sites is 3. The molecule has 0 aliphatic carbocycles. The lowest BCUT2D eigenvalue weighted by molar-refractivity contribution is 0.193. The molecule has 5 heteroatoms. The standard InChI is InChI=1S/C21H27N3O2/c1-17(2)16-22-21(25)24-14-12-23(13-15-24)19-10-6-7-11-20(19)26-18-8-4-3-5-9-18/h3-11,17H,12-16H2,1-2H3,(H,22,25). The number of carbonyl (C=O) groups is 1. The number of ether oxygens (including phenoxy) is 1. The van der Waals surface area contributed by atoms with Gasteiger partial charge in [-0.15, -0.1) is 0 Å². The summed E-state index contributed by atoms with van der Waals surface area (Å²) in [6.07, 6.45) is 0. The molecule has 1 fully saturated rings. The van der Waals surface area contributed by atoms with Crippen LogP contribution in [-0.2, 0) is 0 Å². The molecule has 0 radical (unpaired) electrons. The van der Waals surface area contributed by atoms with Crippen LogP contribution in [0.5, 0.6) is 11.5 Å². The molecule has 138 valence electrons. The second-order valence-electron chi connectivity index (χ2n) is 6.94. The molecule has 5 nitrogen and oxygen atoms in total. The second-order valence-corrected chi connectivity index (χ2v) is 6.94. The number of hydrogen-bond acceptors (Lipinski definition) is 3. The molecule has 0 aromatic heterocycles. The van der Waals surface area contributed by atoms with Gasteiger partial charge in [0, 0.05) is 32.7 Å². The molecule has 0 bridgehead atoms. The molecule has 1 aliphatic heterocycles. The fraction of sp³-hybridized carbons (Fsp3) is 0.381. The van der Waals surface area contributed by atoms with Crippen molar-refractivity contribution in [2.24, 2.45) is 5.92 Å². The van der Waals surface area contributed by atoms with Gasteiger partial charge in [-0.1, -0.05) is 44.2 Å². The molecule has 1 aliphatic rings. The number of nitrogens with zero attached hydrogens (tertiary/aromatic N) is 2. The zero-order chi connectivity index (χ0) is 18.4. The van der Waals surface area contributed by atoms with Crippen LogP contribution < -0.4 is 15.0 Å². The summed E-state index contributed by atoms with van der Waals surface area (Å²) >= 11 is 0. The first-order valence-corrected chi connectivity index (χ1v) is 9.23. The lowest BCUT2D eigenvalue weighted by Gasteiger charge is -2.36. The van der Waals surface area contributed by atoms with Gasteiger partial charge in [-0.3, -0.25) is 0 Å². The van der Waals surface area contributed by atoms with E-state index in [4.69, 9.17) is 4.74 Å². The van der Waals surface area contributed by atoms with Crippen LogP contribution in [0.1, 0.15) is 13.8 Å². The van der Waals surface area contributed by atoms with Crippen molar-refractivity contribution in [3.63, 3.8) is 0 Å². The third-order valence-electron chi connectivity index (χ3n) is 4.41. The third-order valence-corrected chi connectivity index (χ3v) is 4.41. The first kappa shape index (κ1) is 18.1. The summed E-state index contributed by atoms with van der Waals surface area (Å²) in [6.45, 7) is 7.93. The highest BCUT2D eigenvalue weighted by molar-refractivity contribution is 5.74. The van der Waals surface area contributed by atoms with Crippen molar-refractivity contribution in [2.75, 3.05) is 37.6 Å². The zero-order valence-corrected chi connectivity index (χ0v) is 15.5. The Morgan fingerprint density at radius 1 is 1.00 bits per heavy atom. The number of benzene rings is 2. The lowest BCUT2D eigenvalue weighted by atomic mass is 10.2. The summed E-state index contributed by atoms with van der Waals surface area (Å²) in [5, 5.41) is 2.99. The second kappa shape index (κ2) is 8.61. The normalized spacial score (nSPS) is 14.4. The van der Waals surface area contributed by atoms with E-state index in [-0.39, 0.29) is 6.03 Å². The molecule has 2 aromatic rings. The first-order valence-electron chi connectivity index (χ1n) is 9.23. The van der Waals surface area contributed by atoms with E-state index >= 15 is 0 Å². The van der Waals surface area contributed by atoms with E-state index in [0.29, 0.717) is 25.6 Å². The van der Waals surface area contributed by atoms with Gasteiger partial charge in [0.1, 0.15) is 5.75 Å². The molecule has 0 spiro atoms. The Kier molecular flexibility index (Phi) is 6.00. The Morgan fingerprint density at radius 3 is 2.35 bits per heavy atom. The van der Waals surface area contributed by atoms with Gasteiger partial charge in [-0.2, -0.15) is 0 Å². The maximum absolute atomic E-state index is 12.2. The quantitative estimate of drug-likeness (QED) is 0.885. The SMILES string of the molecule is CC(C)CNC(=O)N1CCN(c2ccccc2Oc2ccccc2)CC1. The van der Waals surface area contributed by atoms with Crippen LogP contribution in [0, 0.1) is 5.92 Å². The predicted molar refractivity (Wildman–Crippen MR) is 105 cm³/mol. The van der Waals surface area contributed by atoms with Gasteiger partial charge in [0.25, 0.3) is 0 Å². The summed E-state index contributed by atoms with van der Waals surface area (Å²) in [7, 11) is 0. The minimum Gasteiger partial charge on any atom is -0.455 e. The van der Waals surface area contributed by atoms with Crippen molar-refractivity contribution in [3.05, 3.63) is 54.6 Å².